The number of hydrogen-bond donors (Lipinski definition) is 2. The summed E-state index contributed by atoms with van der Waals surface area (Å²) in [6.07, 6.45) is 7.25. The molecule has 0 amide bonds. The van der Waals surface area contributed by atoms with Crippen molar-refractivity contribution in [3.05, 3.63) is 78.4 Å². The molecular formula is C22H17N5S. The normalized spacial score (nSPS) is 10.3. The largest absolute Gasteiger partial charge is 0.383 e. The van der Waals surface area contributed by atoms with Gasteiger partial charge in [0, 0.05) is 39.9 Å². The lowest BCUT2D eigenvalue weighted by Crippen LogP contribution is -1.95. The Morgan fingerprint density at radius 2 is 1.82 bits per heavy atom. The molecule has 1 aromatic carbocycles. The maximum absolute atomic E-state index is 5.87. The highest BCUT2D eigenvalue weighted by Gasteiger charge is 2.04. The maximum Gasteiger partial charge on any atom is 0.139 e. The number of rotatable bonds is 3. The Kier molecular flexibility index (Phi) is 5.09. The molecule has 0 unspecified atom stereocenters. The minimum absolute atomic E-state index is 0.410. The summed E-state index contributed by atoms with van der Waals surface area (Å²) in [6, 6.07) is 15.7. The van der Waals surface area contributed by atoms with Crippen LogP contribution in [0, 0.1) is 11.8 Å². The number of nitrogens with two attached hydrogens (primary N) is 1. The van der Waals surface area contributed by atoms with Crippen LogP contribution in [0.1, 0.15) is 11.3 Å². The molecule has 3 N–H and O–H groups in total. The molecule has 3 heterocycles. The number of aromatic nitrogens is 3. The number of fused-ring (bicyclic) bond motifs is 1. The van der Waals surface area contributed by atoms with Crippen molar-refractivity contribution in [2.75, 3.05) is 17.3 Å². The molecule has 0 saturated heterocycles. The summed E-state index contributed by atoms with van der Waals surface area (Å²) in [7, 11) is 0. The molecule has 28 heavy (non-hydrogen) atoms. The average Bonchev–Trinajstić information content (AvgIpc) is 2.74. The Balaban J connectivity index is 1.68. The number of pyridine rings is 3. The number of nitrogens with one attached hydrogen (secondary N) is 1. The molecule has 0 atom stereocenters. The molecule has 0 aliphatic heterocycles. The lowest BCUT2D eigenvalue weighted by molar-refractivity contribution is 1.29. The lowest BCUT2D eigenvalue weighted by atomic mass is 10.1. The summed E-state index contributed by atoms with van der Waals surface area (Å²) >= 11 is 1.71. The zero-order chi connectivity index (χ0) is 19.3. The van der Waals surface area contributed by atoms with Crippen LogP contribution in [0.25, 0.3) is 10.8 Å². The SMILES string of the molecule is CSc1ccc(Nc2cc3c(C#Cc4cccnc4N)nccc3cn2)cc1. The van der Waals surface area contributed by atoms with Gasteiger partial charge in [-0.15, -0.1) is 11.8 Å². The van der Waals surface area contributed by atoms with Crippen LogP contribution in [-0.2, 0) is 0 Å². The number of nitrogen functional groups attached to an aromatic ring is 1. The van der Waals surface area contributed by atoms with Gasteiger partial charge in [0.1, 0.15) is 17.3 Å². The van der Waals surface area contributed by atoms with Crippen LogP contribution in [0.5, 0.6) is 0 Å². The standard InChI is InChI=1S/C22H17N5S/c1-28-18-7-5-17(6-8-18)27-21-13-19-16(14-26-21)10-12-24-20(19)9-4-15-3-2-11-25-22(15)23/h2-3,5-8,10-14H,1H3,(H2,23,25)(H,26,27). The molecular weight excluding hydrogens is 366 g/mol. The van der Waals surface area contributed by atoms with Crippen molar-refractivity contribution in [3.8, 4) is 11.8 Å². The van der Waals surface area contributed by atoms with Crippen LogP contribution in [0.2, 0.25) is 0 Å². The molecule has 136 valence electrons. The molecule has 0 radical (unpaired) electrons. The van der Waals surface area contributed by atoms with Gasteiger partial charge in [-0.25, -0.2) is 15.0 Å². The highest BCUT2D eigenvalue weighted by Crippen LogP contribution is 2.23. The fraction of sp³-hybridized carbons (Fsp3) is 0.0455. The molecule has 3 aromatic heterocycles. The molecule has 0 bridgehead atoms. The second-order valence-corrected chi connectivity index (χ2v) is 6.87. The van der Waals surface area contributed by atoms with E-state index in [9.17, 15) is 0 Å². The topological polar surface area (TPSA) is 76.7 Å². The van der Waals surface area contributed by atoms with Crippen molar-refractivity contribution < 1.29 is 0 Å². The summed E-state index contributed by atoms with van der Waals surface area (Å²) in [5.41, 5.74) is 8.20. The highest BCUT2D eigenvalue weighted by molar-refractivity contribution is 7.98. The average molecular weight is 383 g/mol. The van der Waals surface area contributed by atoms with E-state index in [2.05, 4.69) is 50.5 Å². The summed E-state index contributed by atoms with van der Waals surface area (Å²) in [6.45, 7) is 0. The van der Waals surface area contributed by atoms with E-state index in [0.29, 0.717) is 17.1 Å². The van der Waals surface area contributed by atoms with Crippen molar-refractivity contribution in [3.63, 3.8) is 0 Å². The first kappa shape index (κ1) is 17.8. The van der Waals surface area contributed by atoms with Crippen LogP contribution in [-0.4, -0.2) is 21.2 Å². The minimum atomic E-state index is 0.410. The third-order valence-electron chi connectivity index (χ3n) is 4.16. The smallest absolute Gasteiger partial charge is 0.139 e. The van der Waals surface area contributed by atoms with Crippen molar-refractivity contribution in [2.24, 2.45) is 0 Å². The van der Waals surface area contributed by atoms with Crippen LogP contribution in [0.3, 0.4) is 0 Å². The lowest BCUT2D eigenvalue weighted by Gasteiger charge is -2.08. The van der Waals surface area contributed by atoms with E-state index in [4.69, 9.17) is 5.73 Å². The fourth-order valence-electron chi connectivity index (χ4n) is 2.71. The van der Waals surface area contributed by atoms with Gasteiger partial charge in [0.05, 0.1) is 5.56 Å². The van der Waals surface area contributed by atoms with Gasteiger partial charge in [0.2, 0.25) is 0 Å². The maximum atomic E-state index is 5.87. The molecule has 0 fully saturated rings. The monoisotopic (exact) mass is 383 g/mol. The van der Waals surface area contributed by atoms with Gasteiger partial charge in [0.25, 0.3) is 0 Å². The van der Waals surface area contributed by atoms with Crippen LogP contribution >= 0.6 is 11.8 Å². The Morgan fingerprint density at radius 1 is 0.964 bits per heavy atom. The molecule has 0 spiro atoms. The van der Waals surface area contributed by atoms with Gasteiger partial charge >= 0.3 is 0 Å². The minimum Gasteiger partial charge on any atom is -0.383 e. The van der Waals surface area contributed by atoms with Crippen molar-refractivity contribution >= 4 is 39.9 Å². The summed E-state index contributed by atoms with van der Waals surface area (Å²) < 4.78 is 0. The number of benzene rings is 1. The number of anilines is 3. The molecule has 4 aromatic rings. The number of nitrogens with zero attached hydrogens (tertiary/aromatic N) is 3. The first-order chi connectivity index (χ1) is 13.7. The summed E-state index contributed by atoms with van der Waals surface area (Å²) in [5.74, 6) is 7.32. The summed E-state index contributed by atoms with van der Waals surface area (Å²) in [5, 5.41) is 5.23. The molecule has 0 aliphatic rings. The first-order valence-electron chi connectivity index (χ1n) is 8.61. The molecule has 0 aliphatic carbocycles. The van der Waals surface area contributed by atoms with Gasteiger partial charge < -0.3 is 11.1 Å². The fourth-order valence-corrected chi connectivity index (χ4v) is 3.11. The van der Waals surface area contributed by atoms with Gasteiger partial charge in [-0.05, 0) is 60.7 Å². The van der Waals surface area contributed by atoms with Crippen LogP contribution in [0.15, 0.2) is 72.0 Å². The van der Waals surface area contributed by atoms with Gasteiger partial charge in [-0.1, -0.05) is 5.92 Å². The third-order valence-corrected chi connectivity index (χ3v) is 4.91. The van der Waals surface area contributed by atoms with Crippen molar-refractivity contribution in [2.45, 2.75) is 4.90 Å². The Morgan fingerprint density at radius 3 is 2.61 bits per heavy atom. The van der Waals surface area contributed by atoms with E-state index >= 15 is 0 Å². The summed E-state index contributed by atoms with van der Waals surface area (Å²) in [4.78, 5) is 14.2. The van der Waals surface area contributed by atoms with Gasteiger partial charge in [-0.3, -0.25) is 0 Å². The van der Waals surface area contributed by atoms with E-state index in [1.807, 2.05) is 42.6 Å². The van der Waals surface area contributed by atoms with Crippen molar-refractivity contribution in [1.29, 1.82) is 0 Å². The molecule has 5 nitrogen and oxygen atoms in total. The van der Waals surface area contributed by atoms with Gasteiger partial charge in [-0.2, -0.15) is 0 Å². The second-order valence-electron chi connectivity index (χ2n) is 5.99. The van der Waals surface area contributed by atoms with E-state index in [0.717, 1.165) is 22.3 Å². The third kappa shape index (κ3) is 3.90. The zero-order valence-electron chi connectivity index (χ0n) is 15.2. The Bertz CT molecular complexity index is 1190. The quantitative estimate of drug-likeness (QED) is 0.401. The van der Waals surface area contributed by atoms with E-state index in [-0.39, 0.29) is 0 Å². The Labute approximate surface area is 167 Å². The van der Waals surface area contributed by atoms with E-state index in [1.54, 1.807) is 24.2 Å². The number of thioether (sulfide) groups is 1. The van der Waals surface area contributed by atoms with E-state index in [1.165, 1.54) is 4.90 Å². The number of hydrogen-bond acceptors (Lipinski definition) is 6. The van der Waals surface area contributed by atoms with Crippen LogP contribution < -0.4 is 11.1 Å². The predicted octanol–water partition coefficient (Wildman–Crippen LogP) is 4.47. The second kappa shape index (κ2) is 7.99. The van der Waals surface area contributed by atoms with Gasteiger partial charge in [0.15, 0.2) is 0 Å². The van der Waals surface area contributed by atoms with E-state index < -0.39 is 0 Å². The van der Waals surface area contributed by atoms with Crippen molar-refractivity contribution in [1.82, 2.24) is 15.0 Å². The molecule has 0 saturated carbocycles. The predicted molar refractivity (Wildman–Crippen MR) is 116 cm³/mol. The zero-order valence-corrected chi connectivity index (χ0v) is 16.0. The molecule has 6 heteroatoms. The first-order valence-corrected chi connectivity index (χ1v) is 9.84. The van der Waals surface area contributed by atoms with Crippen LogP contribution in [0.4, 0.5) is 17.3 Å². The molecule has 4 rings (SSSR count). The Hall–Kier alpha value is -3.56. The highest BCUT2D eigenvalue weighted by atomic mass is 32.2.